The summed E-state index contributed by atoms with van der Waals surface area (Å²) >= 11 is 0. The monoisotopic (exact) mass is 404 g/mol. The molecule has 2 heterocycles. The van der Waals surface area contributed by atoms with Crippen molar-refractivity contribution < 1.29 is 9.53 Å². The molecule has 1 N–H and O–H groups in total. The number of hydrogen-bond acceptors (Lipinski definition) is 3. The van der Waals surface area contributed by atoms with E-state index in [4.69, 9.17) is 4.74 Å². The van der Waals surface area contributed by atoms with Crippen molar-refractivity contribution in [3.8, 4) is 5.75 Å². The number of amides is 1. The van der Waals surface area contributed by atoms with Gasteiger partial charge in [0.05, 0.1) is 5.69 Å². The minimum absolute atomic E-state index is 0.0149. The van der Waals surface area contributed by atoms with Crippen molar-refractivity contribution in [2.45, 2.75) is 63.4 Å². The maximum atomic E-state index is 12.6. The van der Waals surface area contributed by atoms with E-state index in [0.717, 1.165) is 56.8 Å². The highest BCUT2D eigenvalue weighted by molar-refractivity contribution is 5.97. The number of fused-ring (bicyclic) bond motifs is 2. The minimum atomic E-state index is -0.360. The number of hydrogen-bond donors (Lipinski definition) is 1. The largest absolute Gasteiger partial charge is 0.478 e. The lowest BCUT2D eigenvalue weighted by Gasteiger charge is -2.33. The molecule has 2 aliphatic heterocycles. The van der Waals surface area contributed by atoms with Crippen LogP contribution in [-0.4, -0.2) is 36.5 Å². The summed E-state index contributed by atoms with van der Waals surface area (Å²) in [5.41, 5.74) is 5.11. The maximum absolute atomic E-state index is 12.6. The van der Waals surface area contributed by atoms with Crippen LogP contribution in [0.2, 0.25) is 0 Å². The molecule has 4 nitrogen and oxygen atoms in total. The molecule has 3 aliphatic rings. The Morgan fingerprint density at radius 2 is 1.73 bits per heavy atom. The number of aryl methyl sites for hydroxylation is 2. The van der Waals surface area contributed by atoms with E-state index in [1.807, 2.05) is 0 Å². The Morgan fingerprint density at radius 3 is 2.50 bits per heavy atom. The SMILES string of the molecule is O=C1Nc2cc3c(cc2OC1CCCN1CCC(c2ccccc2)CC1)CCCC3. The molecular weight excluding hydrogens is 372 g/mol. The van der Waals surface area contributed by atoms with Gasteiger partial charge in [-0.3, -0.25) is 4.79 Å². The van der Waals surface area contributed by atoms with Crippen molar-refractivity contribution >= 4 is 11.6 Å². The van der Waals surface area contributed by atoms with Crippen molar-refractivity contribution in [3.05, 3.63) is 59.2 Å². The summed E-state index contributed by atoms with van der Waals surface area (Å²) in [6.45, 7) is 3.34. The van der Waals surface area contributed by atoms with Crippen LogP contribution in [0, 0.1) is 0 Å². The molecule has 2 aromatic rings. The van der Waals surface area contributed by atoms with Gasteiger partial charge >= 0.3 is 0 Å². The number of piperidine rings is 1. The van der Waals surface area contributed by atoms with E-state index in [1.165, 1.54) is 42.4 Å². The van der Waals surface area contributed by atoms with E-state index >= 15 is 0 Å². The molecule has 30 heavy (non-hydrogen) atoms. The first-order chi connectivity index (χ1) is 14.8. The van der Waals surface area contributed by atoms with E-state index in [2.05, 4.69) is 52.7 Å². The van der Waals surface area contributed by atoms with Crippen LogP contribution in [0.3, 0.4) is 0 Å². The second-order valence-electron chi connectivity index (χ2n) is 9.09. The lowest BCUT2D eigenvalue weighted by molar-refractivity contribution is -0.123. The smallest absolute Gasteiger partial charge is 0.265 e. The molecule has 1 aliphatic carbocycles. The fourth-order valence-electron chi connectivity index (χ4n) is 5.28. The summed E-state index contributed by atoms with van der Waals surface area (Å²) in [5, 5.41) is 3.09. The highest BCUT2D eigenvalue weighted by Crippen LogP contribution is 2.36. The predicted octanol–water partition coefficient (Wildman–Crippen LogP) is 4.92. The number of rotatable bonds is 5. The Kier molecular flexibility index (Phi) is 5.76. The number of carbonyl (C=O) groups excluding carboxylic acids is 1. The first-order valence-electron chi connectivity index (χ1n) is 11.7. The van der Waals surface area contributed by atoms with Crippen LogP contribution in [-0.2, 0) is 17.6 Å². The quantitative estimate of drug-likeness (QED) is 0.769. The molecule has 1 saturated heterocycles. The van der Waals surface area contributed by atoms with Gasteiger partial charge in [-0.15, -0.1) is 0 Å². The van der Waals surface area contributed by atoms with E-state index in [-0.39, 0.29) is 12.0 Å². The Balaban J connectivity index is 1.11. The standard InChI is InChI=1S/C26H32N2O2/c29-26-24(30-25-18-22-10-5-4-9-21(22)17-23(25)27-26)11-6-14-28-15-12-20(13-16-28)19-7-2-1-3-8-19/h1-3,7-8,17-18,20,24H,4-6,9-16H2,(H,27,29). The lowest BCUT2D eigenvalue weighted by Crippen LogP contribution is -2.38. The van der Waals surface area contributed by atoms with Crippen LogP contribution in [0.1, 0.15) is 61.1 Å². The molecule has 0 aromatic heterocycles. The number of likely N-dealkylation sites (tertiary alicyclic amines) is 1. The normalized spacial score (nSPS) is 22.0. The molecule has 5 rings (SSSR count). The van der Waals surface area contributed by atoms with E-state index in [9.17, 15) is 4.79 Å². The number of nitrogens with zero attached hydrogens (tertiary/aromatic N) is 1. The third-order valence-corrected chi connectivity index (χ3v) is 7.06. The Hall–Kier alpha value is -2.33. The van der Waals surface area contributed by atoms with E-state index < -0.39 is 0 Å². The lowest BCUT2D eigenvalue weighted by atomic mass is 9.89. The molecule has 2 aromatic carbocycles. The van der Waals surface area contributed by atoms with Gasteiger partial charge in [-0.25, -0.2) is 0 Å². The van der Waals surface area contributed by atoms with Gasteiger partial charge in [0.2, 0.25) is 0 Å². The van der Waals surface area contributed by atoms with Crippen molar-refractivity contribution in [2.75, 3.05) is 25.0 Å². The molecular formula is C26H32N2O2. The second kappa shape index (κ2) is 8.81. The van der Waals surface area contributed by atoms with Gasteiger partial charge in [0.1, 0.15) is 5.75 Å². The zero-order chi connectivity index (χ0) is 20.3. The molecule has 0 saturated carbocycles. The summed E-state index contributed by atoms with van der Waals surface area (Å²) in [6.07, 6.45) is 8.60. The van der Waals surface area contributed by atoms with E-state index in [1.54, 1.807) is 0 Å². The fraction of sp³-hybridized carbons (Fsp3) is 0.500. The Bertz CT molecular complexity index is 887. The van der Waals surface area contributed by atoms with Crippen LogP contribution in [0.25, 0.3) is 0 Å². The number of carbonyl (C=O) groups is 1. The zero-order valence-electron chi connectivity index (χ0n) is 17.7. The molecule has 4 heteroatoms. The molecule has 0 radical (unpaired) electrons. The third-order valence-electron chi connectivity index (χ3n) is 7.06. The van der Waals surface area contributed by atoms with Gasteiger partial charge in [0, 0.05) is 0 Å². The van der Waals surface area contributed by atoms with Gasteiger partial charge in [-0.05, 0) is 106 Å². The first-order valence-corrected chi connectivity index (χ1v) is 11.7. The Morgan fingerprint density at radius 1 is 1.00 bits per heavy atom. The highest BCUT2D eigenvalue weighted by Gasteiger charge is 2.29. The molecule has 1 unspecified atom stereocenters. The molecule has 1 amide bonds. The maximum Gasteiger partial charge on any atom is 0.265 e. The average molecular weight is 405 g/mol. The summed E-state index contributed by atoms with van der Waals surface area (Å²) in [4.78, 5) is 15.1. The highest BCUT2D eigenvalue weighted by atomic mass is 16.5. The molecule has 0 bridgehead atoms. The summed E-state index contributed by atoms with van der Waals surface area (Å²) in [6, 6.07) is 15.2. The first kappa shape index (κ1) is 19.6. The minimum Gasteiger partial charge on any atom is -0.478 e. The summed E-state index contributed by atoms with van der Waals surface area (Å²) in [5.74, 6) is 1.57. The number of ether oxygens (including phenoxy) is 1. The fourth-order valence-corrected chi connectivity index (χ4v) is 5.28. The van der Waals surface area contributed by atoms with Gasteiger partial charge < -0.3 is 15.0 Å². The van der Waals surface area contributed by atoms with Crippen molar-refractivity contribution in [1.29, 1.82) is 0 Å². The second-order valence-corrected chi connectivity index (χ2v) is 9.09. The van der Waals surface area contributed by atoms with Gasteiger partial charge in [0.25, 0.3) is 5.91 Å². The van der Waals surface area contributed by atoms with Crippen LogP contribution < -0.4 is 10.1 Å². The van der Waals surface area contributed by atoms with Gasteiger partial charge in [-0.2, -0.15) is 0 Å². The molecule has 1 atom stereocenters. The Labute approximate surface area is 179 Å². The van der Waals surface area contributed by atoms with Crippen molar-refractivity contribution in [2.24, 2.45) is 0 Å². The molecule has 1 fully saturated rings. The van der Waals surface area contributed by atoms with Crippen molar-refractivity contribution in [3.63, 3.8) is 0 Å². The summed E-state index contributed by atoms with van der Waals surface area (Å²) < 4.78 is 6.14. The van der Waals surface area contributed by atoms with Gasteiger partial charge in [0.15, 0.2) is 6.10 Å². The van der Waals surface area contributed by atoms with E-state index in [0.29, 0.717) is 5.92 Å². The predicted molar refractivity (Wildman–Crippen MR) is 120 cm³/mol. The number of benzene rings is 2. The zero-order valence-corrected chi connectivity index (χ0v) is 17.7. The van der Waals surface area contributed by atoms with Crippen LogP contribution >= 0.6 is 0 Å². The third kappa shape index (κ3) is 4.24. The van der Waals surface area contributed by atoms with Crippen molar-refractivity contribution in [1.82, 2.24) is 4.90 Å². The average Bonchev–Trinajstić information content (AvgIpc) is 2.79. The van der Waals surface area contributed by atoms with Crippen LogP contribution in [0.4, 0.5) is 5.69 Å². The molecule has 0 spiro atoms. The topological polar surface area (TPSA) is 41.6 Å². The number of nitrogens with one attached hydrogen (secondary N) is 1. The summed E-state index contributed by atoms with van der Waals surface area (Å²) in [7, 11) is 0. The molecule has 158 valence electrons. The van der Waals surface area contributed by atoms with Crippen LogP contribution in [0.15, 0.2) is 42.5 Å². The van der Waals surface area contributed by atoms with Crippen LogP contribution in [0.5, 0.6) is 5.75 Å². The number of anilines is 1. The van der Waals surface area contributed by atoms with Gasteiger partial charge in [-0.1, -0.05) is 30.3 Å².